The standard InChI is InChI=1S/C22H34N4O2/c1-2-26(17-9-5-3-6-10-17)21(27)16-24-20-12-11-18(15-19(20)22(23)28)25-13-7-4-8-14-25/h11-12,15,17,24H,2-10,13-14,16H2,1H3,(H2,23,28). The number of hydrogen-bond acceptors (Lipinski definition) is 4. The van der Waals surface area contributed by atoms with Crippen LogP contribution in [0.1, 0.15) is 68.6 Å². The number of piperidine rings is 1. The molecule has 1 aliphatic heterocycles. The molecule has 28 heavy (non-hydrogen) atoms. The number of rotatable bonds is 7. The summed E-state index contributed by atoms with van der Waals surface area (Å²) in [5.74, 6) is -0.377. The van der Waals surface area contributed by atoms with Crippen LogP contribution in [0.5, 0.6) is 0 Å². The van der Waals surface area contributed by atoms with Gasteiger partial charge in [0.1, 0.15) is 0 Å². The predicted octanol–water partition coefficient (Wildman–Crippen LogP) is 3.37. The van der Waals surface area contributed by atoms with E-state index in [2.05, 4.69) is 10.2 Å². The summed E-state index contributed by atoms with van der Waals surface area (Å²) in [6.07, 6.45) is 9.47. The quantitative estimate of drug-likeness (QED) is 0.753. The number of benzene rings is 1. The molecule has 0 atom stereocenters. The van der Waals surface area contributed by atoms with Crippen molar-refractivity contribution in [2.24, 2.45) is 5.73 Å². The minimum Gasteiger partial charge on any atom is -0.376 e. The maximum absolute atomic E-state index is 12.8. The van der Waals surface area contributed by atoms with Crippen molar-refractivity contribution in [3.63, 3.8) is 0 Å². The van der Waals surface area contributed by atoms with Crippen LogP contribution in [0.25, 0.3) is 0 Å². The Morgan fingerprint density at radius 1 is 1.11 bits per heavy atom. The summed E-state index contributed by atoms with van der Waals surface area (Å²) in [5.41, 5.74) is 7.76. The molecule has 6 heteroatoms. The molecule has 2 fully saturated rings. The Hall–Kier alpha value is -2.24. The molecule has 0 bridgehead atoms. The molecule has 1 saturated carbocycles. The number of likely N-dealkylation sites (N-methyl/N-ethyl adjacent to an activating group) is 1. The van der Waals surface area contributed by atoms with Gasteiger partial charge in [-0.05, 0) is 57.2 Å². The first-order valence-corrected chi connectivity index (χ1v) is 10.8. The smallest absolute Gasteiger partial charge is 0.250 e. The molecule has 1 heterocycles. The van der Waals surface area contributed by atoms with Crippen LogP contribution in [0.4, 0.5) is 11.4 Å². The number of hydrogen-bond donors (Lipinski definition) is 2. The summed E-state index contributed by atoms with van der Waals surface area (Å²) in [5, 5.41) is 3.17. The van der Waals surface area contributed by atoms with Crippen molar-refractivity contribution < 1.29 is 9.59 Å². The average Bonchev–Trinajstić information content (AvgIpc) is 2.74. The lowest BCUT2D eigenvalue weighted by atomic mass is 9.94. The van der Waals surface area contributed by atoms with Gasteiger partial charge in [0.25, 0.3) is 5.91 Å². The van der Waals surface area contributed by atoms with Crippen molar-refractivity contribution >= 4 is 23.2 Å². The molecule has 1 aliphatic carbocycles. The molecule has 3 rings (SSSR count). The molecular weight excluding hydrogens is 352 g/mol. The topological polar surface area (TPSA) is 78.7 Å². The molecule has 154 valence electrons. The Morgan fingerprint density at radius 2 is 1.79 bits per heavy atom. The van der Waals surface area contributed by atoms with E-state index >= 15 is 0 Å². The lowest BCUT2D eigenvalue weighted by Gasteiger charge is -2.34. The van der Waals surface area contributed by atoms with Crippen molar-refractivity contribution in [3.8, 4) is 0 Å². The van der Waals surface area contributed by atoms with E-state index in [1.165, 1.54) is 38.5 Å². The SMILES string of the molecule is CCN(C(=O)CNc1ccc(N2CCCCC2)cc1C(N)=O)C1CCCCC1. The third-order valence-corrected chi connectivity index (χ3v) is 6.10. The van der Waals surface area contributed by atoms with Gasteiger partial charge in [-0.25, -0.2) is 0 Å². The second kappa shape index (κ2) is 9.80. The van der Waals surface area contributed by atoms with Crippen molar-refractivity contribution in [2.75, 3.05) is 36.4 Å². The lowest BCUT2D eigenvalue weighted by molar-refractivity contribution is -0.132. The summed E-state index contributed by atoms with van der Waals surface area (Å²) < 4.78 is 0. The van der Waals surface area contributed by atoms with Crippen LogP contribution in [-0.4, -0.2) is 48.9 Å². The monoisotopic (exact) mass is 386 g/mol. The second-order valence-electron chi connectivity index (χ2n) is 7.97. The normalized spacial score (nSPS) is 18.0. The van der Waals surface area contributed by atoms with Gasteiger partial charge in [0.15, 0.2) is 0 Å². The molecular formula is C22H34N4O2. The van der Waals surface area contributed by atoms with Gasteiger partial charge in [-0.2, -0.15) is 0 Å². The first-order valence-electron chi connectivity index (χ1n) is 10.8. The second-order valence-corrected chi connectivity index (χ2v) is 7.97. The van der Waals surface area contributed by atoms with Crippen molar-refractivity contribution in [3.05, 3.63) is 23.8 Å². The van der Waals surface area contributed by atoms with E-state index in [-0.39, 0.29) is 12.5 Å². The van der Waals surface area contributed by atoms with Gasteiger partial charge in [-0.3, -0.25) is 9.59 Å². The number of anilines is 2. The molecule has 0 radical (unpaired) electrons. The van der Waals surface area contributed by atoms with Crippen LogP contribution >= 0.6 is 0 Å². The minimum absolute atomic E-state index is 0.0879. The highest BCUT2D eigenvalue weighted by Crippen LogP contribution is 2.26. The van der Waals surface area contributed by atoms with Gasteiger partial charge in [0.2, 0.25) is 5.91 Å². The molecule has 0 spiro atoms. The van der Waals surface area contributed by atoms with Crippen molar-refractivity contribution in [2.45, 2.75) is 64.3 Å². The zero-order valence-corrected chi connectivity index (χ0v) is 17.1. The number of carbonyl (C=O) groups excluding carboxylic acids is 2. The maximum Gasteiger partial charge on any atom is 0.250 e. The lowest BCUT2D eigenvalue weighted by Crippen LogP contribution is -2.44. The van der Waals surface area contributed by atoms with Crippen molar-refractivity contribution in [1.29, 1.82) is 0 Å². The van der Waals surface area contributed by atoms with Crippen LogP contribution in [0.15, 0.2) is 18.2 Å². The fraction of sp³-hybridized carbons (Fsp3) is 0.636. The van der Waals surface area contributed by atoms with Crippen LogP contribution in [0, 0.1) is 0 Å². The predicted molar refractivity (Wildman–Crippen MR) is 114 cm³/mol. The van der Waals surface area contributed by atoms with Gasteiger partial charge < -0.3 is 20.9 Å². The number of nitrogens with two attached hydrogens (primary N) is 1. The van der Waals surface area contributed by atoms with Crippen LogP contribution in [-0.2, 0) is 4.79 Å². The number of carbonyl (C=O) groups is 2. The number of amides is 2. The Morgan fingerprint density at radius 3 is 2.43 bits per heavy atom. The summed E-state index contributed by atoms with van der Waals surface area (Å²) in [6.45, 7) is 4.97. The number of nitrogens with one attached hydrogen (secondary N) is 1. The molecule has 1 saturated heterocycles. The van der Waals surface area contributed by atoms with Crippen LogP contribution in [0.3, 0.4) is 0 Å². The first kappa shape index (κ1) is 20.5. The highest BCUT2D eigenvalue weighted by molar-refractivity contribution is 6.00. The Bertz CT molecular complexity index is 679. The Kier molecular flexibility index (Phi) is 7.18. The van der Waals surface area contributed by atoms with Crippen LogP contribution < -0.4 is 16.0 Å². The minimum atomic E-state index is -0.464. The fourth-order valence-corrected chi connectivity index (χ4v) is 4.54. The van der Waals surface area contributed by atoms with Gasteiger partial charge >= 0.3 is 0 Å². The summed E-state index contributed by atoms with van der Waals surface area (Å²) >= 11 is 0. The van der Waals surface area contributed by atoms with E-state index in [9.17, 15) is 9.59 Å². The number of primary amides is 1. The molecule has 0 aromatic heterocycles. The average molecular weight is 387 g/mol. The third kappa shape index (κ3) is 4.97. The van der Waals surface area contributed by atoms with Gasteiger partial charge in [0.05, 0.1) is 12.1 Å². The zero-order valence-electron chi connectivity index (χ0n) is 17.1. The maximum atomic E-state index is 12.8. The van der Waals surface area contributed by atoms with E-state index in [1.54, 1.807) is 0 Å². The number of nitrogens with zero attached hydrogens (tertiary/aromatic N) is 2. The van der Waals surface area contributed by atoms with Crippen molar-refractivity contribution in [1.82, 2.24) is 4.90 Å². The molecule has 3 N–H and O–H groups in total. The van der Waals surface area contributed by atoms with E-state index in [0.29, 0.717) is 17.3 Å². The van der Waals surface area contributed by atoms with E-state index in [0.717, 1.165) is 38.2 Å². The summed E-state index contributed by atoms with van der Waals surface area (Å²) in [4.78, 5) is 29.1. The molecule has 1 aromatic rings. The summed E-state index contributed by atoms with van der Waals surface area (Å²) in [6, 6.07) is 6.11. The van der Waals surface area contributed by atoms with Gasteiger partial charge in [-0.1, -0.05) is 19.3 Å². The summed E-state index contributed by atoms with van der Waals surface area (Å²) in [7, 11) is 0. The highest BCUT2D eigenvalue weighted by atomic mass is 16.2. The van der Waals surface area contributed by atoms with Gasteiger partial charge in [-0.15, -0.1) is 0 Å². The highest BCUT2D eigenvalue weighted by Gasteiger charge is 2.24. The zero-order chi connectivity index (χ0) is 19.9. The molecule has 0 unspecified atom stereocenters. The third-order valence-electron chi connectivity index (χ3n) is 6.10. The molecule has 1 aromatic carbocycles. The fourth-order valence-electron chi connectivity index (χ4n) is 4.54. The Labute approximate surface area is 168 Å². The Balaban J connectivity index is 1.66. The van der Waals surface area contributed by atoms with E-state index in [1.807, 2.05) is 30.0 Å². The molecule has 6 nitrogen and oxygen atoms in total. The van der Waals surface area contributed by atoms with E-state index in [4.69, 9.17) is 5.73 Å². The van der Waals surface area contributed by atoms with Crippen LogP contribution in [0.2, 0.25) is 0 Å². The largest absolute Gasteiger partial charge is 0.376 e. The van der Waals surface area contributed by atoms with E-state index < -0.39 is 5.91 Å². The molecule has 2 amide bonds. The molecule has 2 aliphatic rings. The first-order chi connectivity index (χ1) is 13.6. The van der Waals surface area contributed by atoms with Gasteiger partial charge in [0, 0.05) is 37.1 Å².